The van der Waals surface area contributed by atoms with Crippen LogP contribution in [0.15, 0.2) is 4.52 Å². The number of carbonyl (C=O) groups excluding carboxylic acids is 1. The quantitative estimate of drug-likeness (QED) is 0.759. The summed E-state index contributed by atoms with van der Waals surface area (Å²) in [7, 11) is 3.73. The summed E-state index contributed by atoms with van der Waals surface area (Å²) in [5.74, 6) is 1.26. The summed E-state index contributed by atoms with van der Waals surface area (Å²) in [6.45, 7) is 2.26. The smallest absolute Gasteiger partial charge is 0.308 e. The van der Waals surface area contributed by atoms with E-state index in [-0.39, 0.29) is 17.8 Å². The molecular formula is C12H19N3O3. The highest BCUT2D eigenvalue weighted by Gasteiger charge is 2.34. The molecule has 1 aromatic heterocycles. The maximum atomic E-state index is 11.6. The maximum Gasteiger partial charge on any atom is 0.308 e. The SMILES string of the molecule is CCOC(=O)[C@@H]1CC[C@H](c2nc(N(C)C)no2)C1. The van der Waals surface area contributed by atoms with Gasteiger partial charge >= 0.3 is 5.97 Å². The fourth-order valence-corrected chi connectivity index (χ4v) is 2.25. The van der Waals surface area contributed by atoms with Crippen molar-refractivity contribution in [2.45, 2.75) is 32.1 Å². The van der Waals surface area contributed by atoms with Crippen molar-refractivity contribution in [1.82, 2.24) is 10.1 Å². The molecule has 100 valence electrons. The highest BCUT2D eigenvalue weighted by molar-refractivity contribution is 5.72. The first-order chi connectivity index (χ1) is 8.61. The molecule has 1 heterocycles. The van der Waals surface area contributed by atoms with Crippen LogP contribution in [-0.4, -0.2) is 36.8 Å². The first-order valence-corrected chi connectivity index (χ1v) is 6.29. The van der Waals surface area contributed by atoms with E-state index in [1.54, 1.807) is 4.90 Å². The molecule has 2 rings (SSSR count). The van der Waals surface area contributed by atoms with Crippen molar-refractivity contribution >= 4 is 11.9 Å². The van der Waals surface area contributed by atoms with E-state index in [9.17, 15) is 4.79 Å². The van der Waals surface area contributed by atoms with Gasteiger partial charge in [-0.25, -0.2) is 0 Å². The second-order valence-corrected chi connectivity index (χ2v) is 4.79. The Morgan fingerprint density at radius 3 is 2.89 bits per heavy atom. The zero-order chi connectivity index (χ0) is 13.1. The number of nitrogens with zero attached hydrogens (tertiary/aromatic N) is 3. The van der Waals surface area contributed by atoms with Gasteiger partial charge in [0.25, 0.3) is 5.95 Å². The Morgan fingerprint density at radius 1 is 1.50 bits per heavy atom. The van der Waals surface area contributed by atoms with Gasteiger partial charge in [-0.05, 0) is 31.3 Å². The van der Waals surface area contributed by atoms with Gasteiger partial charge in [-0.1, -0.05) is 0 Å². The molecule has 1 aliphatic rings. The molecule has 0 bridgehead atoms. The number of ether oxygens (including phenoxy) is 1. The van der Waals surface area contributed by atoms with Gasteiger partial charge in [0.1, 0.15) is 0 Å². The van der Waals surface area contributed by atoms with E-state index < -0.39 is 0 Å². The molecule has 1 saturated carbocycles. The van der Waals surface area contributed by atoms with Crippen molar-refractivity contribution in [2.75, 3.05) is 25.6 Å². The molecule has 0 saturated heterocycles. The van der Waals surface area contributed by atoms with Crippen molar-refractivity contribution in [3.8, 4) is 0 Å². The van der Waals surface area contributed by atoms with Gasteiger partial charge in [0, 0.05) is 20.0 Å². The van der Waals surface area contributed by atoms with Crippen molar-refractivity contribution in [2.24, 2.45) is 5.92 Å². The first-order valence-electron chi connectivity index (χ1n) is 6.29. The fourth-order valence-electron chi connectivity index (χ4n) is 2.25. The second-order valence-electron chi connectivity index (χ2n) is 4.79. The van der Waals surface area contributed by atoms with Crippen molar-refractivity contribution in [1.29, 1.82) is 0 Å². The van der Waals surface area contributed by atoms with Crippen LogP contribution in [0, 0.1) is 5.92 Å². The second kappa shape index (κ2) is 5.37. The molecule has 0 amide bonds. The molecule has 1 aromatic rings. The van der Waals surface area contributed by atoms with Crippen LogP contribution in [0.4, 0.5) is 5.95 Å². The summed E-state index contributed by atoms with van der Waals surface area (Å²) in [6.07, 6.45) is 2.48. The molecule has 0 spiro atoms. The van der Waals surface area contributed by atoms with Crippen LogP contribution in [-0.2, 0) is 9.53 Å². The third kappa shape index (κ3) is 2.63. The third-order valence-corrected chi connectivity index (χ3v) is 3.23. The van der Waals surface area contributed by atoms with Gasteiger partial charge < -0.3 is 14.2 Å². The van der Waals surface area contributed by atoms with E-state index in [0.717, 1.165) is 19.3 Å². The van der Waals surface area contributed by atoms with Crippen LogP contribution in [0.1, 0.15) is 38.0 Å². The molecule has 0 unspecified atom stereocenters. The van der Waals surface area contributed by atoms with Crippen LogP contribution in [0.5, 0.6) is 0 Å². The van der Waals surface area contributed by atoms with Crippen LogP contribution in [0.25, 0.3) is 0 Å². The van der Waals surface area contributed by atoms with E-state index in [1.165, 1.54) is 0 Å². The van der Waals surface area contributed by atoms with E-state index in [2.05, 4.69) is 10.1 Å². The van der Waals surface area contributed by atoms with E-state index >= 15 is 0 Å². The molecule has 18 heavy (non-hydrogen) atoms. The minimum absolute atomic E-state index is 0.0235. The molecule has 0 aromatic carbocycles. The van der Waals surface area contributed by atoms with E-state index in [0.29, 0.717) is 18.4 Å². The summed E-state index contributed by atoms with van der Waals surface area (Å²) in [5, 5.41) is 3.89. The largest absolute Gasteiger partial charge is 0.466 e. The third-order valence-electron chi connectivity index (χ3n) is 3.23. The van der Waals surface area contributed by atoms with Gasteiger partial charge in [0.2, 0.25) is 5.89 Å². The average Bonchev–Trinajstić information content (AvgIpc) is 2.98. The van der Waals surface area contributed by atoms with Gasteiger partial charge in [-0.3, -0.25) is 4.79 Å². The molecule has 2 atom stereocenters. The Kier molecular flexibility index (Phi) is 3.84. The predicted octanol–water partition coefficient (Wildman–Crippen LogP) is 1.58. The van der Waals surface area contributed by atoms with Crippen molar-refractivity contribution in [3.05, 3.63) is 5.89 Å². The van der Waals surface area contributed by atoms with Gasteiger partial charge in [-0.2, -0.15) is 4.98 Å². The minimum atomic E-state index is -0.104. The standard InChI is InChI=1S/C12H19N3O3/c1-4-17-11(16)9-6-5-8(7-9)10-13-12(14-18-10)15(2)3/h8-9H,4-7H2,1-3H3/t8-,9+/m0/s1. The number of aromatic nitrogens is 2. The Balaban J connectivity index is 1.97. The lowest BCUT2D eigenvalue weighted by molar-refractivity contribution is -0.147. The summed E-state index contributed by atoms with van der Waals surface area (Å²) in [6, 6.07) is 0. The zero-order valence-electron chi connectivity index (χ0n) is 11.0. The highest BCUT2D eigenvalue weighted by atomic mass is 16.5. The Hall–Kier alpha value is -1.59. The molecule has 6 heteroatoms. The van der Waals surface area contributed by atoms with Crippen molar-refractivity contribution < 1.29 is 14.1 Å². The first kappa shape index (κ1) is 12.9. The summed E-state index contributed by atoms with van der Waals surface area (Å²) in [4.78, 5) is 17.8. The molecule has 6 nitrogen and oxygen atoms in total. The van der Waals surface area contributed by atoms with Crippen LogP contribution in [0.2, 0.25) is 0 Å². The van der Waals surface area contributed by atoms with E-state index in [1.807, 2.05) is 21.0 Å². The lowest BCUT2D eigenvalue weighted by atomic mass is 10.1. The maximum absolute atomic E-state index is 11.6. The number of anilines is 1. The molecule has 1 aliphatic carbocycles. The molecule has 0 N–H and O–H groups in total. The molecule has 1 fully saturated rings. The van der Waals surface area contributed by atoms with E-state index in [4.69, 9.17) is 9.26 Å². The Bertz CT molecular complexity index is 416. The topological polar surface area (TPSA) is 68.5 Å². The fraction of sp³-hybridized carbons (Fsp3) is 0.750. The molecule has 0 aliphatic heterocycles. The zero-order valence-corrected chi connectivity index (χ0v) is 11.0. The highest BCUT2D eigenvalue weighted by Crippen LogP contribution is 2.38. The number of rotatable bonds is 4. The van der Waals surface area contributed by atoms with Crippen LogP contribution < -0.4 is 4.90 Å². The lowest BCUT2D eigenvalue weighted by Gasteiger charge is -2.08. The predicted molar refractivity (Wildman–Crippen MR) is 65.3 cm³/mol. The monoisotopic (exact) mass is 253 g/mol. The lowest BCUT2D eigenvalue weighted by Crippen LogP contribution is -2.14. The van der Waals surface area contributed by atoms with Crippen molar-refractivity contribution in [3.63, 3.8) is 0 Å². The summed E-state index contributed by atoms with van der Waals surface area (Å²) in [5.41, 5.74) is 0. The van der Waals surface area contributed by atoms with Gasteiger partial charge in [0.05, 0.1) is 12.5 Å². The molecule has 0 radical (unpaired) electrons. The number of hydrogen-bond donors (Lipinski definition) is 0. The van der Waals surface area contributed by atoms with Gasteiger partial charge in [-0.15, -0.1) is 0 Å². The van der Waals surface area contributed by atoms with Crippen LogP contribution in [0.3, 0.4) is 0 Å². The van der Waals surface area contributed by atoms with Gasteiger partial charge in [0.15, 0.2) is 0 Å². The number of hydrogen-bond acceptors (Lipinski definition) is 6. The summed E-state index contributed by atoms with van der Waals surface area (Å²) < 4.78 is 10.3. The Morgan fingerprint density at radius 2 is 2.28 bits per heavy atom. The summed E-state index contributed by atoms with van der Waals surface area (Å²) >= 11 is 0. The van der Waals surface area contributed by atoms with Crippen LogP contribution >= 0.6 is 0 Å². The Labute approximate surface area is 106 Å². The number of carbonyl (C=O) groups is 1. The minimum Gasteiger partial charge on any atom is -0.466 e. The molecular weight excluding hydrogens is 234 g/mol. The normalized spacial score (nSPS) is 23.1. The number of esters is 1. The average molecular weight is 253 g/mol.